The predicted octanol–water partition coefficient (Wildman–Crippen LogP) is 5.36. The zero-order chi connectivity index (χ0) is 24.5. The minimum Gasteiger partial charge on any atom is -0.438 e. The van der Waals surface area contributed by atoms with Crippen LogP contribution in [0.15, 0.2) is 54.6 Å². The van der Waals surface area contributed by atoms with Gasteiger partial charge < -0.3 is 14.6 Å². The van der Waals surface area contributed by atoms with Gasteiger partial charge in [-0.05, 0) is 50.1 Å². The third-order valence-electron chi connectivity index (χ3n) is 5.30. The van der Waals surface area contributed by atoms with E-state index in [1.165, 1.54) is 12.1 Å². The maximum Gasteiger partial charge on any atom is 0.227 e. The Balaban J connectivity index is 1.88. The van der Waals surface area contributed by atoms with E-state index >= 15 is 0 Å². The van der Waals surface area contributed by atoms with Crippen LogP contribution in [0, 0.1) is 18.7 Å². The first-order chi connectivity index (χ1) is 16.4. The summed E-state index contributed by atoms with van der Waals surface area (Å²) in [5, 5.41) is 15.3. The van der Waals surface area contributed by atoms with Crippen LogP contribution in [0.1, 0.15) is 38.4 Å². The van der Waals surface area contributed by atoms with Crippen LogP contribution in [0.2, 0.25) is 0 Å². The molecule has 1 atom stereocenters. The van der Waals surface area contributed by atoms with Crippen LogP contribution in [0.5, 0.6) is 11.6 Å². The summed E-state index contributed by atoms with van der Waals surface area (Å²) in [4.78, 5) is 2.18. The van der Waals surface area contributed by atoms with Gasteiger partial charge in [-0.1, -0.05) is 45.0 Å². The van der Waals surface area contributed by atoms with E-state index in [9.17, 15) is 9.50 Å². The van der Waals surface area contributed by atoms with Crippen molar-refractivity contribution in [3.8, 4) is 17.3 Å². The topological polar surface area (TPSA) is 59.8 Å². The second-order valence-electron chi connectivity index (χ2n) is 9.00. The van der Waals surface area contributed by atoms with Crippen LogP contribution in [0.3, 0.4) is 0 Å². The van der Waals surface area contributed by atoms with Crippen LogP contribution in [-0.2, 0) is 11.3 Å². The van der Waals surface area contributed by atoms with Crippen LogP contribution in [0.25, 0.3) is 5.69 Å². The first-order valence-electron chi connectivity index (χ1n) is 11.9. The number of benzene rings is 2. The third kappa shape index (κ3) is 7.38. The zero-order valence-corrected chi connectivity index (χ0v) is 20.6. The van der Waals surface area contributed by atoms with Crippen molar-refractivity contribution < 1.29 is 19.0 Å². The fourth-order valence-electron chi connectivity index (χ4n) is 3.78. The molecule has 3 aromatic rings. The minimum atomic E-state index is -0.595. The number of hydrogen-bond acceptors (Lipinski definition) is 5. The molecule has 0 radical (unpaired) electrons. The van der Waals surface area contributed by atoms with Gasteiger partial charge in [0.1, 0.15) is 11.6 Å². The molecule has 1 unspecified atom stereocenters. The molecular formula is C27H36FN3O3. The highest BCUT2D eigenvalue weighted by Crippen LogP contribution is 2.32. The van der Waals surface area contributed by atoms with E-state index in [1.807, 2.05) is 37.3 Å². The zero-order valence-electron chi connectivity index (χ0n) is 20.6. The number of aliphatic hydroxyl groups excluding tert-OH is 1. The molecule has 6 nitrogen and oxygen atoms in total. The SMILES string of the molecule is CCCN(Cc1c(C)nn(-c2ccccc2)c1Oc1cccc(F)c1)CC(O)COCC(C)C. The molecule has 184 valence electrons. The first-order valence-corrected chi connectivity index (χ1v) is 11.9. The Hall–Kier alpha value is -2.74. The maximum atomic E-state index is 13.9. The Morgan fingerprint density at radius 1 is 1.09 bits per heavy atom. The number of hydrogen-bond donors (Lipinski definition) is 1. The van der Waals surface area contributed by atoms with Crippen molar-refractivity contribution in [3.05, 3.63) is 71.7 Å². The number of rotatable bonds is 13. The standard InChI is InChI=1S/C27H36FN3O3/c1-5-14-30(16-24(32)19-33-18-20(2)3)17-26-21(4)29-31(23-11-7-6-8-12-23)27(26)34-25-13-9-10-22(28)15-25/h6-13,15,20,24,32H,5,14,16-19H2,1-4H3. The van der Waals surface area contributed by atoms with E-state index in [0.717, 1.165) is 29.9 Å². The van der Waals surface area contributed by atoms with Crippen molar-refractivity contribution in [2.24, 2.45) is 5.92 Å². The molecule has 0 bridgehead atoms. The maximum absolute atomic E-state index is 13.9. The Morgan fingerprint density at radius 3 is 2.53 bits per heavy atom. The third-order valence-corrected chi connectivity index (χ3v) is 5.30. The predicted molar refractivity (Wildman–Crippen MR) is 132 cm³/mol. The summed E-state index contributed by atoms with van der Waals surface area (Å²) in [7, 11) is 0. The van der Waals surface area contributed by atoms with Crippen molar-refractivity contribution in [3.63, 3.8) is 0 Å². The van der Waals surface area contributed by atoms with Crippen molar-refractivity contribution in [2.75, 3.05) is 26.3 Å². The van der Waals surface area contributed by atoms with Gasteiger partial charge >= 0.3 is 0 Å². The summed E-state index contributed by atoms with van der Waals surface area (Å²) in [5.74, 6) is 1.01. The number of aryl methyl sites for hydroxylation is 1. The smallest absolute Gasteiger partial charge is 0.227 e. The largest absolute Gasteiger partial charge is 0.438 e. The lowest BCUT2D eigenvalue weighted by Gasteiger charge is -2.25. The van der Waals surface area contributed by atoms with Crippen LogP contribution in [0.4, 0.5) is 4.39 Å². The summed E-state index contributed by atoms with van der Waals surface area (Å²) in [6.45, 7) is 11.0. The molecule has 1 aromatic heterocycles. The molecule has 0 spiro atoms. The van der Waals surface area contributed by atoms with Gasteiger partial charge in [0.15, 0.2) is 0 Å². The Morgan fingerprint density at radius 2 is 1.85 bits per heavy atom. The Bertz CT molecular complexity index is 1020. The van der Waals surface area contributed by atoms with Crippen molar-refractivity contribution in [1.82, 2.24) is 14.7 Å². The molecule has 0 aliphatic heterocycles. The Labute approximate surface area is 201 Å². The van der Waals surface area contributed by atoms with Gasteiger partial charge in [-0.25, -0.2) is 9.07 Å². The monoisotopic (exact) mass is 469 g/mol. The molecule has 1 heterocycles. The Kier molecular flexibility index (Phi) is 9.62. The highest BCUT2D eigenvalue weighted by Gasteiger charge is 2.22. The highest BCUT2D eigenvalue weighted by molar-refractivity contribution is 5.43. The van der Waals surface area contributed by atoms with Crippen LogP contribution >= 0.6 is 0 Å². The molecule has 34 heavy (non-hydrogen) atoms. The highest BCUT2D eigenvalue weighted by atomic mass is 19.1. The summed E-state index contributed by atoms with van der Waals surface area (Å²) in [6, 6.07) is 15.8. The summed E-state index contributed by atoms with van der Waals surface area (Å²) >= 11 is 0. The summed E-state index contributed by atoms with van der Waals surface area (Å²) in [5.41, 5.74) is 2.58. The lowest BCUT2D eigenvalue weighted by atomic mass is 10.2. The molecule has 0 amide bonds. The lowest BCUT2D eigenvalue weighted by molar-refractivity contribution is 0.00681. The van der Waals surface area contributed by atoms with E-state index < -0.39 is 6.10 Å². The van der Waals surface area contributed by atoms with Gasteiger partial charge in [0.05, 0.1) is 29.7 Å². The molecule has 0 saturated heterocycles. The molecule has 1 N–H and O–H groups in total. The van der Waals surface area contributed by atoms with E-state index in [0.29, 0.717) is 43.9 Å². The van der Waals surface area contributed by atoms with Crippen LogP contribution < -0.4 is 4.74 Å². The van der Waals surface area contributed by atoms with E-state index in [1.54, 1.807) is 16.8 Å². The van der Waals surface area contributed by atoms with Gasteiger partial charge in [-0.15, -0.1) is 0 Å². The van der Waals surface area contributed by atoms with Gasteiger partial charge in [-0.3, -0.25) is 4.90 Å². The molecular weight excluding hydrogens is 433 g/mol. The van der Waals surface area contributed by atoms with Crippen LogP contribution in [-0.4, -0.2) is 52.2 Å². The molecule has 0 aliphatic carbocycles. The summed E-state index contributed by atoms with van der Waals surface area (Å²) in [6.07, 6.45) is 0.341. The van der Waals surface area contributed by atoms with Gasteiger partial charge in [-0.2, -0.15) is 5.10 Å². The van der Waals surface area contributed by atoms with Gasteiger partial charge in [0.25, 0.3) is 0 Å². The number of aromatic nitrogens is 2. The second-order valence-corrected chi connectivity index (χ2v) is 9.00. The van der Waals surface area contributed by atoms with Crippen molar-refractivity contribution in [2.45, 2.75) is 46.8 Å². The van der Waals surface area contributed by atoms with Crippen molar-refractivity contribution >= 4 is 0 Å². The second kappa shape index (κ2) is 12.6. The first kappa shape index (κ1) is 25.9. The summed E-state index contributed by atoms with van der Waals surface area (Å²) < 4.78 is 27.5. The molecule has 7 heteroatoms. The minimum absolute atomic E-state index is 0.299. The lowest BCUT2D eigenvalue weighted by Crippen LogP contribution is -2.35. The average molecular weight is 470 g/mol. The van der Waals surface area contributed by atoms with Crippen molar-refractivity contribution in [1.29, 1.82) is 0 Å². The molecule has 2 aromatic carbocycles. The fraction of sp³-hybridized carbons (Fsp3) is 0.444. The molecule has 0 fully saturated rings. The molecule has 0 saturated carbocycles. The number of ether oxygens (including phenoxy) is 2. The van der Waals surface area contributed by atoms with E-state index in [2.05, 4.69) is 25.7 Å². The number of aliphatic hydroxyl groups is 1. The number of halogens is 1. The van der Waals surface area contributed by atoms with E-state index in [4.69, 9.17) is 14.6 Å². The quantitative estimate of drug-likeness (QED) is 0.365. The van der Waals surface area contributed by atoms with Gasteiger partial charge in [0.2, 0.25) is 5.88 Å². The molecule has 3 rings (SSSR count). The normalized spacial score (nSPS) is 12.5. The van der Waals surface area contributed by atoms with E-state index in [-0.39, 0.29) is 5.82 Å². The fourth-order valence-corrected chi connectivity index (χ4v) is 3.78. The molecule has 0 aliphatic rings. The average Bonchev–Trinajstić information content (AvgIpc) is 3.09. The number of para-hydroxylation sites is 1. The number of nitrogens with zero attached hydrogens (tertiary/aromatic N) is 3. The van der Waals surface area contributed by atoms with Gasteiger partial charge in [0, 0.05) is 25.8 Å².